The molecule has 1 aliphatic rings. The molecule has 1 saturated heterocycles. The average Bonchev–Trinajstić information content (AvgIpc) is 2.34. The van der Waals surface area contributed by atoms with Gasteiger partial charge in [-0.3, -0.25) is 4.90 Å². The molecular formula is C12H24N2O2S. The number of thiocarbonyl (C=S) groups is 1. The first-order chi connectivity index (χ1) is 8.25. The van der Waals surface area contributed by atoms with Crippen LogP contribution in [0.2, 0.25) is 0 Å². The van der Waals surface area contributed by atoms with Gasteiger partial charge >= 0.3 is 0 Å². The van der Waals surface area contributed by atoms with Crippen LogP contribution in [0.5, 0.6) is 0 Å². The number of piperidine rings is 1. The number of hydrogen-bond acceptors (Lipinski definition) is 4. The van der Waals surface area contributed by atoms with Crippen molar-refractivity contribution in [3.63, 3.8) is 0 Å². The smallest absolute Gasteiger partial charge is 0.0902 e. The molecule has 0 aromatic heterocycles. The molecule has 1 aliphatic heterocycles. The molecule has 0 bridgehead atoms. The second kappa shape index (κ2) is 8.80. The van der Waals surface area contributed by atoms with Crippen LogP contribution >= 0.6 is 12.2 Å². The molecule has 17 heavy (non-hydrogen) atoms. The van der Waals surface area contributed by atoms with Gasteiger partial charge in [-0.25, -0.2) is 0 Å². The number of nitrogens with zero attached hydrogens (tertiary/aromatic N) is 1. The van der Waals surface area contributed by atoms with Crippen molar-refractivity contribution in [2.24, 2.45) is 5.73 Å². The molecular weight excluding hydrogens is 236 g/mol. The molecule has 2 N–H and O–H groups in total. The van der Waals surface area contributed by atoms with Crippen molar-refractivity contribution in [2.75, 3.05) is 40.0 Å². The normalized spacial score (nSPS) is 21.6. The van der Waals surface area contributed by atoms with Gasteiger partial charge in [-0.1, -0.05) is 18.6 Å². The Balaban J connectivity index is 2.13. The van der Waals surface area contributed by atoms with E-state index in [1.807, 2.05) is 0 Å². The summed E-state index contributed by atoms with van der Waals surface area (Å²) in [5, 5.41) is 0. The van der Waals surface area contributed by atoms with Crippen LogP contribution in [-0.4, -0.2) is 56.0 Å². The van der Waals surface area contributed by atoms with Crippen molar-refractivity contribution in [1.82, 2.24) is 4.90 Å². The van der Waals surface area contributed by atoms with Crippen molar-refractivity contribution < 1.29 is 9.47 Å². The number of nitrogens with two attached hydrogens (primary N) is 1. The van der Waals surface area contributed by atoms with E-state index in [2.05, 4.69) is 4.90 Å². The van der Waals surface area contributed by atoms with Gasteiger partial charge in [0.15, 0.2) is 0 Å². The molecule has 0 amide bonds. The minimum atomic E-state index is 0.279. The van der Waals surface area contributed by atoms with E-state index in [4.69, 9.17) is 27.4 Å². The van der Waals surface area contributed by atoms with Crippen molar-refractivity contribution in [3.8, 4) is 0 Å². The second-order valence-corrected chi connectivity index (χ2v) is 4.88. The van der Waals surface area contributed by atoms with E-state index in [1.54, 1.807) is 7.11 Å². The summed E-state index contributed by atoms with van der Waals surface area (Å²) >= 11 is 5.11. The Morgan fingerprint density at radius 1 is 1.35 bits per heavy atom. The Hall–Kier alpha value is -0.230. The van der Waals surface area contributed by atoms with Gasteiger partial charge in [-0.15, -0.1) is 0 Å². The molecule has 0 saturated carbocycles. The summed E-state index contributed by atoms with van der Waals surface area (Å²) in [7, 11) is 1.71. The summed E-state index contributed by atoms with van der Waals surface area (Å²) in [6.45, 7) is 4.29. The van der Waals surface area contributed by atoms with Crippen molar-refractivity contribution in [1.29, 1.82) is 0 Å². The van der Waals surface area contributed by atoms with Gasteiger partial charge in [-0.2, -0.15) is 0 Å². The molecule has 0 radical (unpaired) electrons. The number of methoxy groups -OCH3 is 1. The molecule has 0 aromatic rings. The van der Waals surface area contributed by atoms with Gasteiger partial charge in [0.05, 0.1) is 17.6 Å². The van der Waals surface area contributed by atoms with Crippen molar-refractivity contribution in [2.45, 2.75) is 31.7 Å². The molecule has 0 aliphatic carbocycles. The third-order valence-electron chi connectivity index (χ3n) is 3.10. The monoisotopic (exact) mass is 260 g/mol. The summed E-state index contributed by atoms with van der Waals surface area (Å²) < 4.78 is 10.5. The lowest BCUT2D eigenvalue weighted by Crippen LogP contribution is -2.48. The van der Waals surface area contributed by atoms with E-state index in [0.29, 0.717) is 4.99 Å². The summed E-state index contributed by atoms with van der Waals surface area (Å²) in [5.41, 5.74) is 5.76. The van der Waals surface area contributed by atoms with E-state index < -0.39 is 0 Å². The highest BCUT2D eigenvalue weighted by molar-refractivity contribution is 7.80. The number of hydrogen-bond donors (Lipinski definition) is 1. The zero-order valence-corrected chi connectivity index (χ0v) is 11.5. The van der Waals surface area contributed by atoms with Gasteiger partial charge in [0.25, 0.3) is 0 Å². The lowest BCUT2D eigenvalue weighted by molar-refractivity contribution is 0.0725. The van der Waals surface area contributed by atoms with E-state index in [-0.39, 0.29) is 6.04 Å². The SMILES string of the molecule is COCCCOCCN1CCCCC1C(N)=S. The molecule has 1 unspecified atom stereocenters. The van der Waals surface area contributed by atoms with Gasteiger partial charge in [0.1, 0.15) is 0 Å². The maximum Gasteiger partial charge on any atom is 0.0902 e. The van der Waals surface area contributed by atoms with Crippen LogP contribution in [0.3, 0.4) is 0 Å². The minimum Gasteiger partial charge on any atom is -0.392 e. The summed E-state index contributed by atoms with van der Waals surface area (Å²) in [6, 6.07) is 0.279. The highest BCUT2D eigenvalue weighted by Crippen LogP contribution is 2.16. The molecule has 100 valence electrons. The maximum absolute atomic E-state index is 5.76. The van der Waals surface area contributed by atoms with E-state index in [0.717, 1.165) is 45.8 Å². The average molecular weight is 260 g/mol. The summed E-state index contributed by atoms with van der Waals surface area (Å²) in [4.78, 5) is 2.98. The van der Waals surface area contributed by atoms with Crippen molar-refractivity contribution in [3.05, 3.63) is 0 Å². The van der Waals surface area contributed by atoms with Crippen LogP contribution in [0.1, 0.15) is 25.7 Å². The lowest BCUT2D eigenvalue weighted by atomic mass is 10.0. The van der Waals surface area contributed by atoms with Crippen LogP contribution in [0.4, 0.5) is 0 Å². The number of rotatable bonds is 8. The third-order valence-corrected chi connectivity index (χ3v) is 3.37. The number of likely N-dealkylation sites (tertiary alicyclic amines) is 1. The molecule has 1 fully saturated rings. The molecule has 0 aromatic carbocycles. The van der Waals surface area contributed by atoms with Crippen LogP contribution in [-0.2, 0) is 9.47 Å². The topological polar surface area (TPSA) is 47.7 Å². The first kappa shape index (κ1) is 14.8. The highest BCUT2D eigenvalue weighted by Gasteiger charge is 2.23. The predicted molar refractivity (Wildman–Crippen MR) is 73.3 cm³/mol. The van der Waals surface area contributed by atoms with E-state index >= 15 is 0 Å². The largest absolute Gasteiger partial charge is 0.392 e. The summed E-state index contributed by atoms with van der Waals surface area (Å²) in [5.74, 6) is 0. The summed E-state index contributed by atoms with van der Waals surface area (Å²) in [6.07, 6.45) is 4.52. The van der Waals surface area contributed by atoms with Crippen molar-refractivity contribution >= 4 is 17.2 Å². The standard InChI is InChI=1S/C12H24N2O2S/c1-15-8-4-9-16-10-7-14-6-3-2-5-11(14)12(13)17/h11H,2-10H2,1H3,(H2,13,17). The van der Waals surface area contributed by atoms with Gasteiger partial charge in [-0.05, 0) is 25.8 Å². The fraction of sp³-hybridized carbons (Fsp3) is 0.917. The zero-order valence-electron chi connectivity index (χ0n) is 10.7. The maximum atomic E-state index is 5.76. The Kier molecular flexibility index (Phi) is 7.68. The van der Waals surface area contributed by atoms with Gasteiger partial charge < -0.3 is 15.2 Å². The lowest BCUT2D eigenvalue weighted by Gasteiger charge is -2.34. The van der Waals surface area contributed by atoms with Gasteiger partial charge in [0.2, 0.25) is 0 Å². The fourth-order valence-electron chi connectivity index (χ4n) is 2.17. The fourth-order valence-corrected chi connectivity index (χ4v) is 2.44. The number of ether oxygens (including phenoxy) is 2. The minimum absolute atomic E-state index is 0.279. The molecule has 5 heteroatoms. The first-order valence-electron chi connectivity index (χ1n) is 6.35. The zero-order chi connectivity index (χ0) is 12.5. The Morgan fingerprint density at radius 2 is 2.18 bits per heavy atom. The highest BCUT2D eigenvalue weighted by atomic mass is 32.1. The first-order valence-corrected chi connectivity index (χ1v) is 6.76. The predicted octanol–water partition coefficient (Wildman–Crippen LogP) is 1.18. The van der Waals surface area contributed by atoms with Crippen LogP contribution < -0.4 is 5.73 Å². The third kappa shape index (κ3) is 5.77. The molecule has 4 nitrogen and oxygen atoms in total. The van der Waals surface area contributed by atoms with E-state index in [9.17, 15) is 0 Å². The second-order valence-electron chi connectivity index (χ2n) is 4.41. The van der Waals surface area contributed by atoms with Crippen LogP contribution in [0.25, 0.3) is 0 Å². The Labute approximate surface area is 109 Å². The molecule has 1 heterocycles. The molecule has 1 rings (SSSR count). The molecule has 0 spiro atoms. The quantitative estimate of drug-likeness (QED) is 0.524. The molecule has 1 atom stereocenters. The Morgan fingerprint density at radius 3 is 2.88 bits per heavy atom. The van der Waals surface area contributed by atoms with E-state index in [1.165, 1.54) is 12.8 Å². The Bertz CT molecular complexity index is 227. The van der Waals surface area contributed by atoms with Gasteiger partial charge in [0, 0.05) is 26.9 Å². The van der Waals surface area contributed by atoms with Crippen LogP contribution in [0, 0.1) is 0 Å². The van der Waals surface area contributed by atoms with Crippen LogP contribution in [0.15, 0.2) is 0 Å².